The van der Waals surface area contributed by atoms with Crippen molar-refractivity contribution in [2.75, 3.05) is 0 Å². The molecule has 1 fully saturated rings. The van der Waals surface area contributed by atoms with Crippen molar-refractivity contribution in [3.8, 4) is 0 Å². The molecular formula is C13H27N. The molecule has 1 nitrogen and oxygen atoms in total. The van der Waals surface area contributed by atoms with Crippen LogP contribution in [-0.4, -0.2) is 6.04 Å². The molecule has 0 aromatic carbocycles. The van der Waals surface area contributed by atoms with Crippen LogP contribution in [0.1, 0.15) is 53.4 Å². The van der Waals surface area contributed by atoms with E-state index in [4.69, 9.17) is 5.73 Å². The first-order valence-electron chi connectivity index (χ1n) is 6.35. The van der Waals surface area contributed by atoms with Crippen molar-refractivity contribution in [2.45, 2.75) is 59.4 Å². The second-order valence-corrected chi connectivity index (χ2v) is 5.31. The molecule has 5 unspecified atom stereocenters. The van der Waals surface area contributed by atoms with Gasteiger partial charge in [0.2, 0.25) is 0 Å². The van der Waals surface area contributed by atoms with Crippen LogP contribution in [0, 0.1) is 23.7 Å². The predicted octanol–water partition coefficient (Wildman–Crippen LogP) is 3.43. The van der Waals surface area contributed by atoms with Crippen LogP contribution < -0.4 is 5.73 Å². The summed E-state index contributed by atoms with van der Waals surface area (Å²) >= 11 is 0. The van der Waals surface area contributed by atoms with E-state index in [0.717, 1.165) is 23.7 Å². The van der Waals surface area contributed by atoms with E-state index in [1.165, 1.54) is 25.7 Å². The lowest BCUT2D eigenvalue weighted by Crippen LogP contribution is -2.39. The molecule has 1 saturated carbocycles. The minimum Gasteiger partial charge on any atom is -0.328 e. The van der Waals surface area contributed by atoms with Crippen LogP contribution in [0.15, 0.2) is 0 Å². The normalized spacial score (nSPS) is 40.9. The average Bonchev–Trinajstić information content (AvgIpc) is 2.16. The predicted molar refractivity (Wildman–Crippen MR) is 63.1 cm³/mol. The molecule has 1 aliphatic carbocycles. The maximum absolute atomic E-state index is 6.10. The molecule has 0 bridgehead atoms. The van der Waals surface area contributed by atoms with Gasteiger partial charge < -0.3 is 5.73 Å². The number of hydrogen-bond donors (Lipinski definition) is 1. The standard InChI is InChI=1S/C13H27N/c1-5-11-8-13(10(4)14)12(6-2)7-9(11)3/h9-13H,5-8,14H2,1-4H3. The topological polar surface area (TPSA) is 26.0 Å². The Morgan fingerprint density at radius 2 is 1.71 bits per heavy atom. The third kappa shape index (κ3) is 2.50. The zero-order valence-corrected chi connectivity index (χ0v) is 10.3. The molecule has 0 radical (unpaired) electrons. The summed E-state index contributed by atoms with van der Waals surface area (Å²) in [5.74, 6) is 3.50. The molecular weight excluding hydrogens is 170 g/mol. The molecule has 2 N–H and O–H groups in total. The molecule has 0 amide bonds. The maximum Gasteiger partial charge on any atom is 0.00415 e. The van der Waals surface area contributed by atoms with Gasteiger partial charge in [0.25, 0.3) is 0 Å². The lowest BCUT2D eigenvalue weighted by Gasteiger charge is -2.41. The van der Waals surface area contributed by atoms with Crippen molar-refractivity contribution in [1.29, 1.82) is 0 Å². The van der Waals surface area contributed by atoms with Crippen molar-refractivity contribution in [3.63, 3.8) is 0 Å². The van der Waals surface area contributed by atoms with Crippen LogP contribution in [0.5, 0.6) is 0 Å². The van der Waals surface area contributed by atoms with Gasteiger partial charge in [0, 0.05) is 6.04 Å². The van der Waals surface area contributed by atoms with E-state index >= 15 is 0 Å². The smallest absolute Gasteiger partial charge is 0.00415 e. The number of hydrogen-bond acceptors (Lipinski definition) is 1. The fraction of sp³-hybridized carbons (Fsp3) is 1.00. The number of rotatable bonds is 3. The van der Waals surface area contributed by atoms with Crippen molar-refractivity contribution in [3.05, 3.63) is 0 Å². The lowest BCUT2D eigenvalue weighted by molar-refractivity contribution is 0.101. The largest absolute Gasteiger partial charge is 0.328 e. The third-order valence-corrected chi connectivity index (χ3v) is 4.38. The van der Waals surface area contributed by atoms with E-state index in [1.54, 1.807) is 0 Å². The summed E-state index contributed by atoms with van der Waals surface area (Å²) in [5.41, 5.74) is 6.10. The van der Waals surface area contributed by atoms with E-state index in [-0.39, 0.29) is 0 Å². The van der Waals surface area contributed by atoms with E-state index in [2.05, 4.69) is 27.7 Å². The number of nitrogens with two attached hydrogens (primary N) is 1. The molecule has 14 heavy (non-hydrogen) atoms. The summed E-state index contributed by atoms with van der Waals surface area (Å²) < 4.78 is 0. The van der Waals surface area contributed by atoms with Gasteiger partial charge in [-0.15, -0.1) is 0 Å². The van der Waals surface area contributed by atoms with Crippen LogP contribution in [-0.2, 0) is 0 Å². The van der Waals surface area contributed by atoms with Crippen molar-refractivity contribution in [1.82, 2.24) is 0 Å². The van der Waals surface area contributed by atoms with Crippen molar-refractivity contribution < 1.29 is 0 Å². The fourth-order valence-electron chi connectivity index (χ4n) is 3.30. The zero-order valence-electron chi connectivity index (χ0n) is 10.3. The van der Waals surface area contributed by atoms with Gasteiger partial charge in [-0.25, -0.2) is 0 Å². The summed E-state index contributed by atoms with van der Waals surface area (Å²) in [4.78, 5) is 0. The van der Waals surface area contributed by atoms with Crippen molar-refractivity contribution in [2.24, 2.45) is 29.4 Å². The van der Waals surface area contributed by atoms with E-state index in [0.29, 0.717) is 6.04 Å². The Morgan fingerprint density at radius 3 is 2.14 bits per heavy atom. The minimum atomic E-state index is 0.390. The highest BCUT2D eigenvalue weighted by Crippen LogP contribution is 2.41. The van der Waals surface area contributed by atoms with Gasteiger partial charge in [0.15, 0.2) is 0 Å². The second-order valence-electron chi connectivity index (χ2n) is 5.31. The second kappa shape index (κ2) is 5.16. The van der Waals surface area contributed by atoms with Crippen LogP contribution in [0.4, 0.5) is 0 Å². The Hall–Kier alpha value is -0.0400. The highest BCUT2D eigenvalue weighted by atomic mass is 14.6. The molecule has 0 spiro atoms. The summed E-state index contributed by atoms with van der Waals surface area (Å²) in [6.45, 7) is 9.26. The SMILES string of the molecule is CCC1CC(C(C)N)C(CC)CC1C. The first kappa shape index (κ1) is 12.0. The van der Waals surface area contributed by atoms with Crippen LogP contribution in [0.25, 0.3) is 0 Å². The van der Waals surface area contributed by atoms with Gasteiger partial charge in [-0.3, -0.25) is 0 Å². The van der Waals surface area contributed by atoms with Crippen molar-refractivity contribution >= 4 is 0 Å². The Balaban J connectivity index is 2.63. The molecule has 0 aliphatic heterocycles. The molecule has 1 rings (SSSR count). The summed E-state index contributed by atoms with van der Waals surface area (Å²) in [7, 11) is 0. The molecule has 0 saturated heterocycles. The minimum absolute atomic E-state index is 0.390. The average molecular weight is 197 g/mol. The molecule has 84 valence electrons. The Morgan fingerprint density at radius 1 is 1.14 bits per heavy atom. The summed E-state index contributed by atoms with van der Waals surface area (Å²) in [6, 6.07) is 0.390. The van der Waals surface area contributed by atoms with E-state index in [9.17, 15) is 0 Å². The van der Waals surface area contributed by atoms with E-state index in [1.807, 2.05) is 0 Å². The maximum atomic E-state index is 6.10. The highest BCUT2D eigenvalue weighted by Gasteiger charge is 2.34. The first-order chi connectivity index (χ1) is 6.60. The Bertz CT molecular complexity index is 165. The van der Waals surface area contributed by atoms with Gasteiger partial charge in [0.05, 0.1) is 0 Å². The van der Waals surface area contributed by atoms with Gasteiger partial charge in [-0.1, -0.05) is 33.6 Å². The highest BCUT2D eigenvalue weighted by molar-refractivity contribution is 4.86. The summed E-state index contributed by atoms with van der Waals surface area (Å²) in [6.07, 6.45) is 5.42. The van der Waals surface area contributed by atoms with Gasteiger partial charge in [-0.2, -0.15) is 0 Å². The van der Waals surface area contributed by atoms with Crippen LogP contribution in [0.2, 0.25) is 0 Å². The molecule has 1 aliphatic rings. The first-order valence-corrected chi connectivity index (χ1v) is 6.35. The van der Waals surface area contributed by atoms with Gasteiger partial charge >= 0.3 is 0 Å². The zero-order chi connectivity index (χ0) is 10.7. The summed E-state index contributed by atoms with van der Waals surface area (Å²) in [5, 5.41) is 0. The molecule has 0 aromatic heterocycles. The lowest BCUT2D eigenvalue weighted by atomic mass is 9.65. The van der Waals surface area contributed by atoms with Gasteiger partial charge in [0.1, 0.15) is 0 Å². The molecule has 0 heterocycles. The van der Waals surface area contributed by atoms with Gasteiger partial charge in [-0.05, 0) is 43.4 Å². The molecule has 1 heteroatoms. The third-order valence-electron chi connectivity index (χ3n) is 4.38. The fourth-order valence-corrected chi connectivity index (χ4v) is 3.30. The van der Waals surface area contributed by atoms with E-state index < -0.39 is 0 Å². The quantitative estimate of drug-likeness (QED) is 0.737. The Labute approximate surface area is 89.5 Å². The Kier molecular flexibility index (Phi) is 4.43. The van der Waals surface area contributed by atoms with Crippen LogP contribution in [0.3, 0.4) is 0 Å². The molecule has 5 atom stereocenters. The molecule has 0 aromatic rings. The van der Waals surface area contributed by atoms with Crippen LogP contribution >= 0.6 is 0 Å². The monoisotopic (exact) mass is 197 g/mol.